The molecule has 0 spiro atoms. The van der Waals surface area contributed by atoms with E-state index in [1.54, 1.807) is 0 Å². The summed E-state index contributed by atoms with van der Waals surface area (Å²) in [5.74, 6) is -0.0695. The second-order valence-electron chi connectivity index (χ2n) is 5.47. The molecule has 0 unspecified atom stereocenters. The third-order valence-corrected chi connectivity index (χ3v) is 3.96. The second kappa shape index (κ2) is 6.07. The maximum absolute atomic E-state index is 11.9. The van der Waals surface area contributed by atoms with Crippen molar-refractivity contribution in [1.29, 1.82) is 0 Å². The maximum atomic E-state index is 11.9. The van der Waals surface area contributed by atoms with E-state index in [0.717, 1.165) is 30.7 Å². The molecule has 21 heavy (non-hydrogen) atoms. The molecule has 3 N–H and O–H groups in total. The molecular formula is C14H19N5O2. The first kappa shape index (κ1) is 13.8. The smallest absolute Gasteiger partial charge is 0.240 e. The minimum atomic E-state index is -0.0596. The first-order valence-corrected chi connectivity index (χ1v) is 7.38. The van der Waals surface area contributed by atoms with Crippen LogP contribution in [0.2, 0.25) is 0 Å². The van der Waals surface area contributed by atoms with Crippen LogP contribution < -0.4 is 10.7 Å². The molecule has 0 atom stereocenters. The highest BCUT2D eigenvalue weighted by Crippen LogP contribution is 2.22. The van der Waals surface area contributed by atoms with Crippen molar-refractivity contribution in [3.8, 4) is 0 Å². The van der Waals surface area contributed by atoms with E-state index in [2.05, 4.69) is 26.0 Å². The lowest BCUT2D eigenvalue weighted by Gasteiger charge is -2.11. The molecule has 1 aliphatic heterocycles. The van der Waals surface area contributed by atoms with Crippen LogP contribution in [-0.4, -0.2) is 27.7 Å². The zero-order chi connectivity index (χ0) is 14.7. The van der Waals surface area contributed by atoms with Crippen LogP contribution in [0.15, 0.2) is 5.10 Å². The number of aromatic nitrogens is 2. The molecule has 1 aromatic rings. The standard InChI is InChI=1S/C14H19N5O2/c20-13(6-4-9-5-7-14(21)19-16-9)15-8-12-10-2-1-3-11(10)17-18-12/h1-8H2,(H,15,20)(H,17,18)(H,19,21). The molecule has 0 fully saturated rings. The van der Waals surface area contributed by atoms with Gasteiger partial charge in [0.25, 0.3) is 0 Å². The van der Waals surface area contributed by atoms with Crippen LogP contribution in [-0.2, 0) is 29.0 Å². The van der Waals surface area contributed by atoms with Crippen LogP contribution in [0, 0.1) is 0 Å². The van der Waals surface area contributed by atoms with Gasteiger partial charge in [-0.15, -0.1) is 0 Å². The number of hydrogen-bond acceptors (Lipinski definition) is 4. The first-order valence-electron chi connectivity index (χ1n) is 7.38. The zero-order valence-corrected chi connectivity index (χ0v) is 11.9. The monoisotopic (exact) mass is 289 g/mol. The number of aryl methyl sites for hydroxylation is 1. The van der Waals surface area contributed by atoms with Gasteiger partial charge in [-0.3, -0.25) is 14.7 Å². The summed E-state index contributed by atoms with van der Waals surface area (Å²) in [6.07, 6.45) is 5.35. The summed E-state index contributed by atoms with van der Waals surface area (Å²) in [6, 6.07) is 0. The van der Waals surface area contributed by atoms with Crippen LogP contribution in [0.5, 0.6) is 0 Å². The molecule has 1 aliphatic carbocycles. The molecule has 7 nitrogen and oxygen atoms in total. The van der Waals surface area contributed by atoms with Gasteiger partial charge in [0.2, 0.25) is 11.8 Å². The number of carbonyl (C=O) groups excluding carboxylic acids is 2. The van der Waals surface area contributed by atoms with Gasteiger partial charge in [-0.1, -0.05) is 0 Å². The van der Waals surface area contributed by atoms with Gasteiger partial charge in [0.05, 0.1) is 12.2 Å². The summed E-state index contributed by atoms with van der Waals surface area (Å²) in [5, 5.41) is 14.2. The number of rotatable bonds is 5. The Morgan fingerprint density at radius 3 is 2.95 bits per heavy atom. The van der Waals surface area contributed by atoms with E-state index < -0.39 is 0 Å². The van der Waals surface area contributed by atoms with E-state index in [-0.39, 0.29) is 11.8 Å². The number of nitrogens with zero attached hydrogens (tertiary/aromatic N) is 2. The van der Waals surface area contributed by atoms with Crippen LogP contribution in [0.25, 0.3) is 0 Å². The summed E-state index contributed by atoms with van der Waals surface area (Å²) in [6.45, 7) is 0.480. The topological polar surface area (TPSA) is 99.2 Å². The maximum Gasteiger partial charge on any atom is 0.240 e. The van der Waals surface area contributed by atoms with Crippen molar-refractivity contribution in [3.05, 3.63) is 17.0 Å². The van der Waals surface area contributed by atoms with Crippen LogP contribution >= 0.6 is 0 Å². The van der Waals surface area contributed by atoms with Crippen molar-refractivity contribution in [2.75, 3.05) is 0 Å². The Hall–Kier alpha value is -2.18. The Balaban J connectivity index is 1.43. The Morgan fingerprint density at radius 2 is 2.14 bits per heavy atom. The molecule has 0 bridgehead atoms. The summed E-state index contributed by atoms with van der Waals surface area (Å²) in [7, 11) is 0. The average molecular weight is 289 g/mol. The lowest BCUT2D eigenvalue weighted by atomic mass is 10.1. The van der Waals surface area contributed by atoms with Crippen molar-refractivity contribution in [3.63, 3.8) is 0 Å². The third kappa shape index (κ3) is 3.29. The molecule has 0 aromatic carbocycles. The van der Waals surface area contributed by atoms with Crippen molar-refractivity contribution in [1.82, 2.24) is 20.9 Å². The number of fused-ring (bicyclic) bond motifs is 1. The number of amides is 2. The Labute approximate surface area is 122 Å². The highest BCUT2D eigenvalue weighted by atomic mass is 16.2. The van der Waals surface area contributed by atoms with E-state index >= 15 is 0 Å². The van der Waals surface area contributed by atoms with Crippen LogP contribution in [0.3, 0.4) is 0 Å². The molecule has 0 saturated carbocycles. The van der Waals surface area contributed by atoms with Gasteiger partial charge in [-0.2, -0.15) is 10.2 Å². The van der Waals surface area contributed by atoms with Crippen LogP contribution in [0.4, 0.5) is 0 Å². The molecule has 2 amide bonds. The molecule has 3 rings (SSSR count). The molecule has 0 radical (unpaired) electrons. The fourth-order valence-corrected chi connectivity index (χ4v) is 2.75. The van der Waals surface area contributed by atoms with E-state index in [9.17, 15) is 9.59 Å². The van der Waals surface area contributed by atoms with Gasteiger partial charge >= 0.3 is 0 Å². The van der Waals surface area contributed by atoms with Gasteiger partial charge in [-0.25, -0.2) is 5.43 Å². The van der Waals surface area contributed by atoms with Crippen molar-refractivity contribution in [2.45, 2.75) is 51.5 Å². The highest BCUT2D eigenvalue weighted by Gasteiger charge is 2.18. The van der Waals surface area contributed by atoms with E-state index in [4.69, 9.17) is 0 Å². The lowest BCUT2D eigenvalue weighted by Crippen LogP contribution is -2.27. The van der Waals surface area contributed by atoms with Gasteiger partial charge < -0.3 is 5.32 Å². The minimum Gasteiger partial charge on any atom is -0.350 e. The fourth-order valence-electron chi connectivity index (χ4n) is 2.75. The molecule has 2 heterocycles. The summed E-state index contributed by atoms with van der Waals surface area (Å²) in [5.41, 5.74) is 6.77. The highest BCUT2D eigenvalue weighted by molar-refractivity contribution is 5.94. The molecule has 7 heteroatoms. The van der Waals surface area contributed by atoms with Crippen LogP contribution in [0.1, 0.15) is 49.1 Å². The van der Waals surface area contributed by atoms with Crippen molar-refractivity contribution >= 4 is 17.5 Å². The fraction of sp³-hybridized carbons (Fsp3) is 0.571. The van der Waals surface area contributed by atoms with Gasteiger partial charge in [0, 0.05) is 24.2 Å². The predicted octanol–water partition coefficient (Wildman–Crippen LogP) is 0.561. The van der Waals surface area contributed by atoms with E-state index in [1.165, 1.54) is 11.3 Å². The lowest BCUT2D eigenvalue weighted by molar-refractivity contribution is -0.121. The molecule has 1 aromatic heterocycles. The average Bonchev–Trinajstić information content (AvgIpc) is 3.08. The number of H-pyrrole nitrogens is 1. The summed E-state index contributed by atoms with van der Waals surface area (Å²) >= 11 is 0. The molecule has 112 valence electrons. The predicted molar refractivity (Wildman–Crippen MR) is 76.5 cm³/mol. The number of hydrogen-bond donors (Lipinski definition) is 3. The van der Waals surface area contributed by atoms with Gasteiger partial charge in [0.1, 0.15) is 0 Å². The van der Waals surface area contributed by atoms with Crippen molar-refractivity contribution < 1.29 is 9.59 Å². The van der Waals surface area contributed by atoms with Gasteiger partial charge in [0.15, 0.2) is 0 Å². The Morgan fingerprint density at radius 1 is 1.24 bits per heavy atom. The number of hydrazone groups is 1. The molecular weight excluding hydrogens is 270 g/mol. The quantitative estimate of drug-likeness (QED) is 0.738. The third-order valence-electron chi connectivity index (χ3n) is 3.96. The number of carbonyl (C=O) groups is 2. The van der Waals surface area contributed by atoms with E-state index in [0.29, 0.717) is 32.2 Å². The molecule has 2 aliphatic rings. The summed E-state index contributed by atoms with van der Waals surface area (Å²) < 4.78 is 0. The number of aromatic amines is 1. The normalized spacial score (nSPS) is 17.1. The van der Waals surface area contributed by atoms with E-state index in [1.807, 2.05) is 0 Å². The minimum absolute atomic E-state index is 0.00986. The zero-order valence-electron chi connectivity index (χ0n) is 11.9. The Kier molecular flexibility index (Phi) is 3.98. The largest absolute Gasteiger partial charge is 0.350 e. The Bertz CT molecular complexity index is 590. The van der Waals surface area contributed by atoms with Crippen molar-refractivity contribution in [2.24, 2.45) is 5.10 Å². The summed E-state index contributed by atoms with van der Waals surface area (Å²) in [4.78, 5) is 22.8. The molecule has 0 saturated heterocycles. The first-order chi connectivity index (χ1) is 10.2. The number of nitrogens with one attached hydrogen (secondary N) is 3. The second-order valence-corrected chi connectivity index (χ2v) is 5.47. The van der Waals surface area contributed by atoms with Gasteiger partial charge in [-0.05, 0) is 37.7 Å². The SMILES string of the molecule is O=C(CCC1=NNC(=O)CC1)NCc1n[nH]c2c1CCC2.